The topological polar surface area (TPSA) is 119 Å². The lowest BCUT2D eigenvalue weighted by Gasteiger charge is -2.13. The summed E-state index contributed by atoms with van der Waals surface area (Å²) >= 11 is 0. The second kappa shape index (κ2) is 9.17. The van der Waals surface area contributed by atoms with Crippen molar-refractivity contribution in [1.29, 1.82) is 5.26 Å². The van der Waals surface area contributed by atoms with E-state index in [1.54, 1.807) is 30.3 Å². The van der Waals surface area contributed by atoms with Gasteiger partial charge in [0.1, 0.15) is 0 Å². The van der Waals surface area contributed by atoms with Crippen molar-refractivity contribution in [2.75, 3.05) is 10.6 Å². The summed E-state index contributed by atoms with van der Waals surface area (Å²) in [6.07, 6.45) is -1.72. The minimum absolute atomic E-state index is 0.189. The Morgan fingerprint density at radius 2 is 1.60 bits per heavy atom. The first-order valence-electron chi connectivity index (χ1n) is 8.99. The van der Waals surface area contributed by atoms with E-state index in [0.717, 1.165) is 11.1 Å². The molecule has 0 radical (unpaired) electrons. The molecule has 3 rings (SSSR count). The Kier molecular flexibility index (Phi) is 6.20. The third-order valence-electron chi connectivity index (χ3n) is 4.28. The number of nitriles is 1. The number of hydrogen-bond acceptors (Lipinski definition) is 4. The van der Waals surface area contributed by atoms with Crippen molar-refractivity contribution in [2.24, 2.45) is 0 Å². The van der Waals surface area contributed by atoms with Crippen LogP contribution in [0.3, 0.4) is 0 Å². The van der Waals surface area contributed by atoms with Gasteiger partial charge in [-0.25, -0.2) is 4.79 Å². The summed E-state index contributed by atoms with van der Waals surface area (Å²) in [4.78, 5) is 35.9. The van der Waals surface area contributed by atoms with Crippen molar-refractivity contribution in [3.8, 4) is 17.2 Å². The van der Waals surface area contributed by atoms with E-state index in [1.165, 1.54) is 12.1 Å². The van der Waals surface area contributed by atoms with Gasteiger partial charge in [-0.3, -0.25) is 14.9 Å². The SMILES string of the molecule is N#Cc1cccc(C(=O)CC(=O)Nc2cc(-c3ccccc3)ccc2NC(=O)O)c1. The smallest absolute Gasteiger partial charge is 0.409 e. The Bertz CT molecular complexity index is 1150. The van der Waals surface area contributed by atoms with Crippen LogP contribution in [-0.2, 0) is 4.79 Å². The summed E-state index contributed by atoms with van der Waals surface area (Å²) in [7, 11) is 0. The Hall–Kier alpha value is -4.44. The zero-order valence-corrected chi connectivity index (χ0v) is 15.8. The predicted octanol–water partition coefficient (Wildman–Crippen LogP) is 4.53. The van der Waals surface area contributed by atoms with E-state index in [4.69, 9.17) is 10.4 Å². The number of nitrogens with one attached hydrogen (secondary N) is 2. The second-order valence-electron chi connectivity index (χ2n) is 6.40. The molecule has 0 aromatic heterocycles. The minimum atomic E-state index is -1.28. The molecule has 0 saturated heterocycles. The largest absolute Gasteiger partial charge is 0.465 e. The molecule has 0 aliphatic heterocycles. The van der Waals surface area contributed by atoms with Gasteiger partial charge in [-0.05, 0) is 35.4 Å². The lowest BCUT2D eigenvalue weighted by atomic mass is 10.0. The van der Waals surface area contributed by atoms with Crippen LogP contribution < -0.4 is 10.6 Å². The predicted molar refractivity (Wildman–Crippen MR) is 112 cm³/mol. The first-order valence-corrected chi connectivity index (χ1v) is 8.99. The number of anilines is 2. The summed E-state index contributed by atoms with van der Waals surface area (Å²) in [5, 5.41) is 22.8. The van der Waals surface area contributed by atoms with Crippen LogP contribution in [0.25, 0.3) is 11.1 Å². The summed E-state index contributed by atoms with van der Waals surface area (Å²) < 4.78 is 0. The molecule has 7 heteroatoms. The van der Waals surface area contributed by atoms with Gasteiger partial charge in [0.2, 0.25) is 5.91 Å². The van der Waals surface area contributed by atoms with Crippen molar-refractivity contribution in [1.82, 2.24) is 0 Å². The zero-order valence-electron chi connectivity index (χ0n) is 15.8. The first kappa shape index (κ1) is 20.3. The number of carbonyl (C=O) groups excluding carboxylic acids is 2. The number of nitrogens with zero attached hydrogens (tertiary/aromatic N) is 1. The fourth-order valence-corrected chi connectivity index (χ4v) is 2.89. The molecule has 0 atom stereocenters. The molecule has 0 spiro atoms. The van der Waals surface area contributed by atoms with E-state index in [2.05, 4.69) is 10.6 Å². The molecule has 7 nitrogen and oxygen atoms in total. The monoisotopic (exact) mass is 399 g/mol. The highest BCUT2D eigenvalue weighted by molar-refractivity contribution is 6.12. The molecule has 2 amide bonds. The van der Waals surface area contributed by atoms with Crippen molar-refractivity contribution < 1.29 is 19.5 Å². The first-order chi connectivity index (χ1) is 14.5. The summed E-state index contributed by atoms with van der Waals surface area (Å²) in [5.41, 5.74) is 2.67. The number of benzene rings is 3. The van der Waals surface area contributed by atoms with Crippen LogP contribution in [-0.4, -0.2) is 22.9 Å². The van der Waals surface area contributed by atoms with Gasteiger partial charge in [-0.15, -0.1) is 0 Å². The van der Waals surface area contributed by atoms with Crippen LogP contribution >= 0.6 is 0 Å². The van der Waals surface area contributed by atoms with Gasteiger partial charge in [0.15, 0.2) is 5.78 Å². The van der Waals surface area contributed by atoms with Crippen LogP contribution in [0.1, 0.15) is 22.3 Å². The van der Waals surface area contributed by atoms with Crippen LogP contribution in [0, 0.1) is 11.3 Å². The molecule has 0 bridgehead atoms. The molecule has 0 heterocycles. The highest BCUT2D eigenvalue weighted by Crippen LogP contribution is 2.29. The number of carboxylic acid groups (broad SMARTS) is 1. The maximum atomic E-state index is 12.5. The molecule has 3 aromatic rings. The molecule has 0 unspecified atom stereocenters. The number of carbonyl (C=O) groups is 3. The van der Waals surface area contributed by atoms with Crippen LogP contribution in [0.5, 0.6) is 0 Å². The average Bonchev–Trinajstić information content (AvgIpc) is 2.75. The van der Waals surface area contributed by atoms with Crippen molar-refractivity contribution in [2.45, 2.75) is 6.42 Å². The molecule has 0 aliphatic carbocycles. The van der Waals surface area contributed by atoms with Gasteiger partial charge in [-0.1, -0.05) is 48.5 Å². The number of hydrogen-bond donors (Lipinski definition) is 3. The Morgan fingerprint density at radius 1 is 0.833 bits per heavy atom. The van der Waals surface area contributed by atoms with Gasteiger partial charge in [-0.2, -0.15) is 5.26 Å². The Balaban J connectivity index is 1.82. The lowest BCUT2D eigenvalue weighted by molar-refractivity contribution is -0.115. The lowest BCUT2D eigenvalue weighted by Crippen LogP contribution is -2.18. The molecule has 3 aromatic carbocycles. The maximum absolute atomic E-state index is 12.5. The summed E-state index contributed by atoms with van der Waals surface area (Å²) in [5.74, 6) is -1.04. The maximum Gasteiger partial charge on any atom is 0.409 e. The third-order valence-corrected chi connectivity index (χ3v) is 4.28. The number of amides is 2. The standard InChI is InChI=1S/C23H17N3O4/c24-14-15-5-4-8-18(11-15)21(27)13-22(28)25-20-12-17(16-6-2-1-3-7-16)9-10-19(20)26-23(29)30/h1-12,26H,13H2,(H,25,28)(H,29,30). The number of Topliss-reactive ketones (excluding diaryl/α,β-unsaturated/α-hetero) is 1. The molecular formula is C23H17N3O4. The fourth-order valence-electron chi connectivity index (χ4n) is 2.89. The Morgan fingerprint density at radius 3 is 2.30 bits per heavy atom. The molecule has 148 valence electrons. The van der Waals surface area contributed by atoms with Gasteiger partial charge < -0.3 is 10.4 Å². The van der Waals surface area contributed by atoms with E-state index in [-0.39, 0.29) is 16.9 Å². The summed E-state index contributed by atoms with van der Waals surface area (Å²) in [6, 6.07) is 22.3. The van der Waals surface area contributed by atoms with E-state index in [9.17, 15) is 14.4 Å². The molecule has 0 saturated carbocycles. The van der Waals surface area contributed by atoms with Crippen LogP contribution in [0.4, 0.5) is 16.2 Å². The quantitative estimate of drug-likeness (QED) is 0.416. The van der Waals surface area contributed by atoms with E-state index >= 15 is 0 Å². The summed E-state index contributed by atoms with van der Waals surface area (Å²) in [6.45, 7) is 0. The highest BCUT2D eigenvalue weighted by atomic mass is 16.4. The van der Waals surface area contributed by atoms with Crippen molar-refractivity contribution in [3.05, 3.63) is 83.9 Å². The number of rotatable bonds is 6. The van der Waals surface area contributed by atoms with Crippen molar-refractivity contribution >= 4 is 29.2 Å². The number of ketones is 1. The average molecular weight is 399 g/mol. The minimum Gasteiger partial charge on any atom is -0.465 e. The normalized spacial score (nSPS) is 9.97. The third kappa shape index (κ3) is 5.09. The van der Waals surface area contributed by atoms with Gasteiger partial charge in [0.25, 0.3) is 0 Å². The van der Waals surface area contributed by atoms with E-state index in [1.807, 2.05) is 36.4 Å². The second-order valence-corrected chi connectivity index (χ2v) is 6.40. The van der Waals surface area contributed by atoms with E-state index < -0.39 is 24.2 Å². The zero-order chi connectivity index (χ0) is 21.5. The van der Waals surface area contributed by atoms with Crippen LogP contribution in [0.2, 0.25) is 0 Å². The molecule has 3 N–H and O–H groups in total. The van der Waals surface area contributed by atoms with E-state index in [0.29, 0.717) is 5.56 Å². The molecule has 30 heavy (non-hydrogen) atoms. The molecule has 0 aliphatic rings. The molecular weight excluding hydrogens is 382 g/mol. The van der Waals surface area contributed by atoms with Crippen LogP contribution in [0.15, 0.2) is 72.8 Å². The van der Waals surface area contributed by atoms with Gasteiger partial charge in [0, 0.05) is 5.56 Å². The van der Waals surface area contributed by atoms with Crippen molar-refractivity contribution in [3.63, 3.8) is 0 Å². The van der Waals surface area contributed by atoms with Gasteiger partial charge in [0.05, 0.1) is 29.4 Å². The highest BCUT2D eigenvalue weighted by Gasteiger charge is 2.15. The Labute approximate surface area is 172 Å². The molecule has 0 fully saturated rings. The fraction of sp³-hybridized carbons (Fsp3) is 0.0435. The van der Waals surface area contributed by atoms with Gasteiger partial charge >= 0.3 is 6.09 Å².